The first kappa shape index (κ1) is 27.2. The molecule has 48 heavy (non-hydrogen) atoms. The van der Waals surface area contributed by atoms with E-state index in [4.69, 9.17) is 4.74 Å². The molecule has 1 unspecified atom stereocenters. The molecule has 7 aromatic rings. The standard InChI is InChI=1S/C47H32O/c1-4-12-31(13-5-1)34-22-25-38-39-26-23-35(33-24-27-44-41(28-33)40-20-10-14-32-15-11-21-45(48-44)46(32)40)30-43(39)47(42(38)29-34,36-16-6-2-7-17-36)37-18-8-3-9-19-37/h1-27,29-30,41H,28H2. The van der Waals surface area contributed by atoms with Gasteiger partial charge in [-0.25, -0.2) is 0 Å². The normalized spacial score (nSPS) is 16.6. The van der Waals surface area contributed by atoms with Crippen LogP contribution in [0.15, 0.2) is 182 Å². The molecule has 0 fully saturated rings. The minimum absolute atomic E-state index is 0.190. The molecular formula is C47H32O. The molecule has 226 valence electrons. The van der Waals surface area contributed by atoms with Gasteiger partial charge >= 0.3 is 0 Å². The number of ether oxygens (including phenoxy) is 1. The van der Waals surface area contributed by atoms with Crippen molar-refractivity contribution >= 4 is 16.3 Å². The molecule has 0 saturated heterocycles. The number of rotatable bonds is 4. The number of hydrogen-bond acceptors (Lipinski definition) is 1. The zero-order valence-electron chi connectivity index (χ0n) is 26.4. The molecule has 1 nitrogen and oxygen atoms in total. The van der Waals surface area contributed by atoms with Crippen molar-refractivity contribution < 1.29 is 4.74 Å². The summed E-state index contributed by atoms with van der Waals surface area (Å²) in [6, 6.07) is 60.2. The Morgan fingerprint density at radius 3 is 1.79 bits per heavy atom. The van der Waals surface area contributed by atoms with E-state index in [9.17, 15) is 0 Å². The number of allylic oxidation sites excluding steroid dienone is 4. The van der Waals surface area contributed by atoms with Gasteiger partial charge in [0.1, 0.15) is 11.5 Å². The Balaban J connectivity index is 1.18. The molecule has 0 radical (unpaired) electrons. The second-order valence-corrected chi connectivity index (χ2v) is 13.2. The zero-order valence-corrected chi connectivity index (χ0v) is 26.4. The van der Waals surface area contributed by atoms with Gasteiger partial charge in [-0.2, -0.15) is 0 Å². The van der Waals surface area contributed by atoms with Gasteiger partial charge in [-0.1, -0.05) is 152 Å². The smallest absolute Gasteiger partial charge is 0.135 e. The van der Waals surface area contributed by atoms with E-state index in [0.29, 0.717) is 0 Å². The van der Waals surface area contributed by atoms with Crippen LogP contribution in [0.3, 0.4) is 0 Å². The number of fused-ring (bicyclic) bond motifs is 5. The van der Waals surface area contributed by atoms with Crippen molar-refractivity contribution in [3.63, 3.8) is 0 Å². The second kappa shape index (κ2) is 10.6. The third kappa shape index (κ3) is 3.91. The molecule has 2 aliphatic carbocycles. The number of benzene rings is 7. The molecule has 0 aromatic heterocycles. The maximum Gasteiger partial charge on any atom is 0.135 e. The quantitative estimate of drug-likeness (QED) is 0.192. The van der Waals surface area contributed by atoms with E-state index in [2.05, 4.69) is 176 Å². The van der Waals surface area contributed by atoms with Gasteiger partial charge in [0.25, 0.3) is 0 Å². The predicted molar refractivity (Wildman–Crippen MR) is 197 cm³/mol. The summed E-state index contributed by atoms with van der Waals surface area (Å²) >= 11 is 0. The van der Waals surface area contributed by atoms with E-state index in [0.717, 1.165) is 17.9 Å². The van der Waals surface area contributed by atoms with E-state index in [1.54, 1.807) is 0 Å². The van der Waals surface area contributed by atoms with E-state index in [-0.39, 0.29) is 5.92 Å². The van der Waals surface area contributed by atoms with Gasteiger partial charge in [0.15, 0.2) is 0 Å². The largest absolute Gasteiger partial charge is 0.460 e. The topological polar surface area (TPSA) is 9.23 Å². The molecule has 10 rings (SSSR count). The van der Waals surface area contributed by atoms with Gasteiger partial charge in [0.05, 0.1) is 5.41 Å². The minimum Gasteiger partial charge on any atom is -0.460 e. The van der Waals surface area contributed by atoms with Crippen LogP contribution in [0.5, 0.6) is 5.75 Å². The minimum atomic E-state index is -0.470. The average molecular weight is 613 g/mol. The van der Waals surface area contributed by atoms with Crippen molar-refractivity contribution in [1.82, 2.24) is 0 Å². The highest BCUT2D eigenvalue weighted by molar-refractivity contribution is 5.94. The monoisotopic (exact) mass is 612 g/mol. The molecule has 0 amide bonds. The van der Waals surface area contributed by atoms with Crippen molar-refractivity contribution in [3.05, 3.63) is 215 Å². The first-order valence-electron chi connectivity index (χ1n) is 16.9. The molecule has 0 bridgehead atoms. The number of hydrogen-bond donors (Lipinski definition) is 0. The lowest BCUT2D eigenvalue weighted by Gasteiger charge is -2.35. The third-order valence-electron chi connectivity index (χ3n) is 10.7. The van der Waals surface area contributed by atoms with Gasteiger partial charge in [-0.3, -0.25) is 0 Å². The SMILES string of the molecule is C1=C(c2ccc3c(c2)C(c2ccccc2)(c2ccccc2)c2cc(-c4ccccc4)ccc2-3)CC2C(=C1)Oc1cccc3cccc2c13. The lowest BCUT2D eigenvalue weighted by molar-refractivity contribution is 0.377. The molecule has 7 aromatic carbocycles. The van der Waals surface area contributed by atoms with Crippen molar-refractivity contribution in [1.29, 1.82) is 0 Å². The average Bonchev–Trinajstić information content (AvgIpc) is 3.46. The lowest BCUT2D eigenvalue weighted by Crippen LogP contribution is -2.28. The second-order valence-electron chi connectivity index (χ2n) is 13.2. The molecule has 0 spiro atoms. The van der Waals surface area contributed by atoms with E-state index < -0.39 is 5.41 Å². The zero-order chi connectivity index (χ0) is 31.7. The molecule has 0 saturated carbocycles. The Bertz CT molecular complexity index is 2390. The molecule has 1 aliphatic heterocycles. The fourth-order valence-electron chi connectivity index (χ4n) is 8.61. The summed E-state index contributed by atoms with van der Waals surface area (Å²) < 4.78 is 6.52. The fraction of sp³-hybridized carbons (Fsp3) is 0.0638. The van der Waals surface area contributed by atoms with Crippen LogP contribution in [-0.2, 0) is 5.41 Å². The summed E-state index contributed by atoms with van der Waals surface area (Å²) in [6.45, 7) is 0. The Kier molecular flexibility index (Phi) is 5.98. The van der Waals surface area contributed by atoms with Crippen molar-refractivity contribution in [2.45, 2.75) is 17.8 Å². The predicted octanol–water partition coefficient (Wildman–Crippen LogP) is 11.7. The van der Waals surface area contributed by atoms with Crippen LogP contribution >= 0.6 is 0 Å². The van der Waals surface area contributed by atoms with Crippen LogP contribution in [0.2, 0.25) is 0 Å². The Labute approximate surface area is 281 Å². The van der Waals surface area contributed by atoms with Gasteiger partial charge in [0.2, 0.25) is 0 Å². The van der Waals surface area contributed by atoms with E-state index in [1.165, 1.54) is 72.0 Å². The van der Waals surface area contributed by atoms with Crippen molar-refractivity contribution in [2.75, 3.05) is 0 Å². The van der Waals surface area contributed by atoms with Gasteiger partial charge in [0, 0.05) is 11.3 Å². The van der Waals surface area contributed by atoms with Crippen LogP contribution in [0.1, 0.15) is 45.7 Å². The van der Waals surface area contributed by atoms with Gasteiger partial charge in [-0.15, -0.1) is 0 Å². The summed E-state index contributed by atoms with van der Waals surface area (Å²) in [5, 5.41) is 2.48. The Morgan fingerprint density at radius 2 is 1.10 bits per heavy atom. The third-order valence-corrected chi connectivity index (χ3v) is 10.7. The van der Waals surface area contributed by atoms with Crippen LogP contribution < -0.4 is 4.74 Å². The molecule has 3 aliphatic rings. The summed E-state index contributed by atoms with van der Waals surface area (Å²) in [7, 11) is 0. The first-order valence-corrected chi connectivity index (χ1v) is 16.9. The maximum atomic E-state index is 6.52. The molecule has 1 heterocycles. The maximum absolute atomic E-state index is 6.52. The lowest BCUT2D eigenvalue weighted by atomic mass is 9.67. The summed E-state index contributed by atoms with van der Waals surface area (Å²) in [5.41, 5.74) is 13.8. The first-order chi connectivity index (χ1) is 23.8. The molecular weight excluding hydrogens is 581 g/mol. The van der Waals surface area contributed by atoms with Gasteiger partial charge < -0.3 is 4.74 Å². The summed E-state index contributed by atoms with van der Waals surface area (Å²) in [5.74, 6) is 2.19. The molecule has 1 heteroatoms. The van der Waals surface area contributed by atoms with Crippen LogP contribution in [0.4, 0.5) is 0 Å². The highest BCUT2D eigenvalue weighted by Crippen LogP contribution is 2.57. The highest BCUT2D eigenvalue weighted by atomic mass is 16.5. The summed E-state index contributed by atoms with van der Waals surface area (Å²) in [4.78, 5) is 0. The van der Waals surface area contributed by atoms with Crippen LogP contribution in [-0.4, -0.2) is 0 Å². The molecule has 0 N–H and O–H groups in total. The fourth-order valence-corrected chi connectivity index (χ4v) is 8.61. The van der Waals surface area contributed by atoms with Crippen molar-refractivity contribution in [3.8, 4) is 28.0 Å². The van der Waals surface area contributed by atoms with Crippen molar-refractivity contribution in [2.24, 2.45) is 0 Å². The molecule has 1 atom stereocenters. The summed E-state index contributed by atoms with van der Waals surface area (Å²) in [6.07, 6.45) is 5.38. The highest BCUT2D eigenvalue weighted by Gasteiger charge is 2.46. The van der Waals surface area contributed by atoms with E-state index in [1.807, 2.05) is 0 Å². The Hall–Kier alpha value is -5.92. The van der Waals surface area contributed by atoms with Crippen LogP contribution in [0, 0.1) is 0 Å². The van der Waals surface area contributed by atoms with Gasteiger partial charge in [-0.05, 0) is 97.3 Å². The Morgan fingerprint density at radius 1 is 0.500 bits per heavy atom. The van der Waals surface area contributed by atoms with E-state index >= 15 is 0 Å². The van der Waals surface area contributed by atoms with Crippen LogP contribution in [0.25, 0.3) is 38.6 Å².